The Balaban J connectivity index is 1.66. The van der Waals surface area contributed by atoms with E-state index in [2.05, 4.69) is 20.6 Å². The van der Waals surface area contributed by atoms with Crippen molar-refractivity contribution in [3.8, 4) is 11.3 Å². The van der Waals surface area contributed by atoms with Gasteiger partial charge in [0.25, 0.3) is 5.91 Å². The van der Waals surface area contributed by atoms with Gasteiger partial charge in [0, 0.05) is 12.1 Å². The molecule has 0 atom stereocenters. The number of hydrogen-bond acceptors (Lipinski definition) is 5. The van der Waals surface area contributed by atoms with Gasteiger partial charge >= 0.3 is 5.56 Å². The number of nitrogens with one attached hydrogen (secondary N) is 2. The highest BCUT2D eigenvalue weighted by Gasteiger charge is 2.18. The Hall–Kier alpha value is -4.37. The molecule has 0 unspecified atom stereocenters. The second kappa shape index (κ2) is 9.84. The summed E-state index contributed by atoms with van der Waals surface area (Å²) in [6, 6.07) is 25.5. The summed E-state index contributed by atoms with van der Waals surface area (Å²) in [5.41, 5.74) is 7.94. The van der Waals surface area contributed by atoms with Crippen LogP contribution < -0.4 is 16.6 Å². The summed E-state index contributed by atoms with van der Waals surface area (Å²) in [4.78, 5) is 25.6. The maximum atomic E-state index is 12.8. The van der Waals surface area contributed by atoms with Gasteiger partial charge in [-0.1, -0.05) is 72.8 Å². The SMILES string of the molecule is NC(=S)n1[nH]c(-c2ccccc2)c(N=Nc2ccccc2C(=O)NCc2ccccc2)c1=O. The standard InChI is InChI=1S/C24H20N6O2S/c25-24(33)30-23(32)21(20(29-30)17-11-5-2-6-12-17)28-27-19-14-8-7-13-18(19)22(31)26-15-16-9-3-1-4-10-16/h1-14,29H,15H2,(H2,25,33)(H,26,31). The van der Waals surface area contributed by atoms with E-state index in [1.165, 1.54) is 0 Å². The number of nitrogens with two attached hydrogens (primary N) is 1. The van der Waals surface area contributed by atoms with Gasteiger partial charge < -0.3 is 11.1 Å². The van der Waals surface area contributed by atoms with Crippen molar-refractivity contribution in [3.63, 3.8) is 0 Å². The number of thiocarbonyl (C=S) groups is 1. The molecule has 0 radical (unpaired) electrons. The molecule has 3 aromatic carbocycles. The summed E-state index contributed by atoms with van der Waals surface area (Å²) in [5.74, 6) is -0.300. The number of carbonyl (C=O) groups excluding carboxylic acids is 1. The minimum atomic E-state index is -0.531. The van der Waals surface area contributed by atoms with E-state index in [0.29, 0.717) is 29.1 Å². The molecule has 9 heteroatoms. The molecule has 1 aromatic heterocycles. The third kappa shape index (κ3) is 4.94. The van der Waals surface area contributed by atoms with Crippen molar-refractivity contribution in [2.24, 2.45) is 16.0 Å². The van der Waals surface area contributed by atoms with Crippen molar-refractivity contribution in [2.75, 3.05) is 0 Å². The first-order chi connectivity index (χ1) is 16.0. The Labute approximate surface area is 194 Å². The summed E-state index contributed by atoms with van der Waals surface area (Å²) in [7, 11) is 0. The number of H-pyrrole nitrogens is 1. The Kier molecular flexibility index (Phi) is 6.51. The van der Waals surface area contributed by atoms with Crippen molar-refractivity contribution in [1.29, 1.82) is 0 Å². The average molecular weight is 457 g/mol. The fourth-order valence-electron chi connectivity index (χ4n) is 3.21. The first kappa shape index (κ1) is 21.8. The quantitative estimate of drug-likeness (QED) is 0.296. The fourth-order valence-corrected chi connectivity index (χ4v) is 3.34. The molecule has 1 amide bonds. The summed E-state index contributed by atoms with van der Waals surface area (Å²) < 4.78 is 1.03. The molecule has 33 heavy (non-hydrogen) atoms. The van der Waals surface area contributed by atoms with Crippen LogP contribution in [0.4, 0.5) is 11.4 Å². The number of amides is 1. The highest BCUT2D eigenvalue weighted by atomic mass is 32.1. The predicted octanol–water partition coefficient (Wildman–Crippen LogP) is 4.28. The minimum absolute atomic E-state index is 0.0356. The number of aromatic amines is 1. The summed E-state index contributed by atoms with van der Waals surface area (Å²) in [6.45, 7) is 0.375. The Morgan fingerprint density at radius 1 is 0.939 bits per heavy atom. The van der Waals surface area contributed by atoms with Crippen LogP contribution in [-0.2, 0) is 6.54 Å². The van der Waals surface area contributed by atoms with Gasteiger partial charge in [-0.2, -0.15) is 4.68 Å². The molecular weight excluding hydrogens is 436 g/mol. The summed E-state index contributed by atoms with van der Waals surface area (Å²) in [5, 5.41) is 14.0. The van der Waals surface area contributed by atoms with Crippen molar-refractivity contribution < 1.29 is 4.79 Å². The zero-order valence-electron chi connectivity index (χ0n) is 17.4. The zero-order valence-corrected chi connectivity index (χ0v) is 18.3. The number of carbonyl (C=O) groups is 1. The topological polar surface area (TPSA) is 118 Å². The number of aromatic nitrogens is 2. The molecule has 1 heterocycles. The van der Waals surface area contributed by atoms with Crippen LogP contribution >= 0.6 is 12.2 Å². The van der Waals surface area contributed by atoms with E-state index in [1.807, 2.05) is 60.7 Å². The second-order valence-corrected chi connectivity index (χ2v) is 7.48. The second-order valence-electron chi connectivity index (χ2n) is 7.07. The minimum Gasteiger partial charge on any atom is -0.374 e. The van der Waals surface area contributed by atoms with Gasteiger partial charge in [-0.15, -0.1) is 10.2 Å². The molecule has 4 aromatic rings. The Morgan fingerprint density at radius 3 is 2.27 bits per heavy atom. The maximum absolute atomic E-state index is 12.8. The third-order valence-corrected chi connectivity index (χ3v) is 5.03. The van der Waals surface area contributed by atoms with Gasteiger partial charge in [-0.05, 0) is 29.9 Å². The maximum Gasteiger partial charge on any atom is 0.301 e. The van der Waals surface area contributed by atoms with Crippen LogP contribution in [0.3, 0.4) is 0 Å². The van der Waals surface area contributed by atoms with Gasteiger partial charge in [-0.3, -0.25) is 14.7 Å². The number of rotatable bonds is 6. The van der Waals surface area contributed by atoms with Gasteiger partial charge in [0.2, 0.25) is 0 Å². The lowest BCUT2D eigenvalue weighted by Crippen LogP contribution is -2.29. The molecule has 0 aliphatic carbocycles. The van der Waals surface area contributed by atoms with Crippen LogP contribution in [0.25, 0.3) is 11.3 Å². The summed E-state index contributed by atoms with van der Waals surface area (Å²) >= 11 is 4.96. The summed E-state index contributed by atoms with van der Waals surface area (Å²) in [6.07, 6.45) is 0. The monoisotopic (exact) mass is 456 g/mol. The van der Waals surface area contributed by atoms with Crippen LogP contribution in [-0.4, -0.2) is 20.8 Å². The first-order valence-corrected chi connectivity index (χ1v) is 10.5. The van der Waals surface area contributed by atoms with E-state index in [-0.39, 0.29) is 16.7 Å². The first-order valence-electron chi connectivity index (χ1n) is 10.1. The lowest BCUT2D eigenvalue weighted by atomic mass is 10.1. The molecule has 0 saturated carbocycles. The number of benzene rings is 3. The zero-order chi connectivity index (χ0) is 23.2. The van der Waals surface area contributed by atoms with Crippen molar-refractivity contribution in [3.05, 3.63) is 106 Å². The Morgan fingerprint density at radius 2 is 1.58 bits per heavy atom. The molecule has 4 N–H and O–H groups in total. The largest absolute Gasteiger partial charge is 0.374 e. The molecule has 0 aliphatic heterocycles. The van der Waals surface area contributed by atoms with E-state index >= 15 is 0 Å². The molecule has 4 rings (SSSR count). The predicted molar refractivity (Wildman–Crippen MR) is 131 cm³/mol. The molecule has 0 spiro atoms. The molecular formula is C24H20N6O2S. The van der Waals surface area contributed by atoms with Gasteiger partial charge in [-0.25, -0.2) is 0 Å². The number of hydrogen-bond donors (Lipinski definition) is 3. The number of nitrogens with zero attached hydrogens (tertiary/aromatic N) is 3. The molecule has 164 valence electrons. The van der Waals surface area contributed by atoms with E-state index < -0.39 is 5.56 Å². The molecule has 0 saturated heterocycles. The Bertz CT molecular complexity index is 1380. The van der Waals surface area contributed by atoms with Crippen molar-refractivity contribution in [2.45, 2.75) is 6.54 Å². The van der Waals surface area contributed by atoms with Crippen molar-refractivity contribution in [1.82, 2.24) is 15.1 Å². The fraction of sp³-hybridized carbons (Fsp3) is 0.0417. The average Bonchev–Trinajstić information content (AvgIpc) is 3.19. The van der Waals surface area contributed by atoms with Gasteiger partial charge in [0.1, 0.15) is 0 Å². The van der Waals surface area contributed by atoms with Crippen LogP contribution in [0, 0.1) is 0 Å². The molecule has 8 nitrogen and oxygen atoms in total. The van der Waals surface area contributed by atoms with Gasteiger partial charge in [0.05, 0.1) is 16.9 Å². The van der Waals surface area contributed by atoms with E-state index in [1.54, 1.807) is 24.3 Å². The van der Waals surface area contributed by atoms with Gasteiger partial charge in [0.15, 0.2) is 10.8 Å². The molecule has 0 aliphatic rings. The van der Waals surface area contributed by atoms with E-state index in [9.17, 15) is 9.59 Å². The third-order valence-electron chi connectivity index (χ3n) is 4.85. The van der Waals surface area contributed by atoms with Crippen molar-refractivity contribution >= 4 is 34.6 Å². The highest BCUT2D eigenvalue weighted by Crippen LogP contribution is 2.28. The normalized spacial score (nSPS) is 10.9. The van der Waals surface area contributed by atoms with E-state index in [4.69, 9.17) is 18.0 Å². The molecule has 0 fully saturated rings. The number of azo groups is 1. The van der Waals surface area contributed by atoms with E-state index in [0.717, 1.165) is 10.2 Å². The molecule has 0 bridgehead atoms. The van der Waals surface area contributed by atoms with Crippen LogP contribution in [0.5, 0.6) is 0 Å². The lowest BCUT2D eigenvalue weighted by molar-refractivity contribution is 0.0951. The van der Waals surface area contributed by atoms with Crippen LogP contribution in [0.15, 0.2) is 100.0 Å². The smallest absolute Gasteiger partial charge is 0.301 e. The van der Waals surface area contributed by atoms with Crippen LogP contribution in [0.2, 0.25) is 0 Å². The lowest BCUT2D eigenvalue weighted by Gasteiger charge is -2.07. The van der Waals surface area contributed by atoms with Crippen LogP contribution in [0.1, 0.15) is 15.9 Å². The highest BCUT2D eigenvalue weighted by molar-refractivity contribution is 7.80.